The van der Waals surface area contributed by atoms with Gasteiger partial charge in [0.15, 0.2) is 0 Å². The number of fused-ring (bicyclic) bond motifs is 2. The van der Waals surface area contributed by atoms with E-state index in [-0.39, 0.29) is 5.54 Å². The number of hydrogen-bond donors (Lipinski definition) is 0. The molecule has 0 fully saturated rings. The highest BCUT2D eigenvalue weighted by Gasteiger charge is 2.29. The fourth-order valence-corrected chi connectivity index (χ4v) is 3.70. The van der Waals surface area contributed by atoms with E-state index < -0.39 is 0 Å². The molecule has 0 spiro atoms. The Balaban J connectivity index is 1.94. The number of para-hydroxylation sites is 1. The first-order valence-corrected chi connectivity index (χ1v) is 8.73. The maximum absolute atomic E-state index is 6.18. The Hall–Kier alpha value is -2.19. The molecule has 0 atom stereocenters. The summed E-state index contributed by atoms with van der Waals surface area (Å²) in [6.07, 6.45) is 2.84. The molecule has 2 heterocycles. The second-order valence-electron chi connectivity index (χ2n) is 6.94. The lowest BCUT2D eigenvalue weighted by Crippen LogP contribution is -2.30. The monoisotopic (exact) mass is 334 g/mol. The highest BCUT2D eigenvalue weighted by Crippen LogP contribution is 2.32. The molecular weight excluding hydrogens is 316 g/mol. The average molecular weight is 335 g/mol. The number of aliphatic imine (C=N–C) groups is 1. The Morgan fingerprint density at radius 1 is 1.08 bits per heavy atom. The van der Waals surface area contributed by atoms with Crippen molar-refractivity contribution in [3.05, 3.63) is 77.0 Å². The summed E-state index contributed by atoms with van der Waals surface area (Å²) in [7, 11) is 0. The molecule has 0 bridgehead atoms. The Bertz CT molecular complexity index is 957. The standard InChI is InChI=1S/C21H19ClN2/c1-21(2)11-18-15(12-22)7-5-8-17(18)20(24-21)16-10-14-6-3-4-9-19(14)23-13-16/h3-10,13H,11-12H2,1-2H3. The van der Waals surface area contributed by atoms with Crippen LogP contribution < -0.4 is 0 Å². The maximum Gasteiger partial charge on any atom is 0.0744 e. The topological polar surface area (TPSA) is 25.2 Å². The fourth-order valence-electron chi connectivity index (χ4n) is 3.45. The Morgan fingerprint density at radius 3 is 2.75 bits per heavy atom. The van der Waals surface area contributed by atoms with Crippen molar-refractivity contribution in [2.24, 2.45) is 4.99 Å². The van der Waals surface area contributed by atoms with Crippen molar-refractivity contribution < 1.29 is 0 Å². The molecule has 0 radical (unpaired) electrons. The molecule has 1 aliphatic heterocycles. The zero-order chi connectivity index (χ0) is 16.7. The Kier molecular flexibility index (Phi) is 3.65. The molecule has 0 aliphatic carbocycles. The zero-order valence-electron chi connectivity index (χ0n) is 13.9. The summed E-state index contributed by atoms with van der Waals surface area (Å²) in [5.41, 5.74) is 6.65. The van der Waals surface area contributed by atoms with E-state index in [0.29, 0.717) is 5.88 Å². The lowest BCUT2D eigenvalue weighted by molar-refractivity contribution is 0.512. The maximum atomic E-state index is 6.18. The van der Waals surface area contributed by atoms with Gasteiger partial charge in [0.25, 0.3) is 0 Å². The first-order valence-electron chi connectivity index (χ1n) is 8.19. The van der Waals surface area contributed by atoms with Crippen LogP contribution in [-0.2, 0) is 12.3 Å². The number of halogens is 1. The molecule has 4 rings (SSSR count). The van der Waals surface area contributed by atoms with E-state index in [0.717, 1.165) is 28.6 Å². The quantitative estimate of drug-likeness (QED) is 0.595. The minimum atomic E-state index is -0.143. The van der Waals surface area contributed by atoms with E-state index in [2.05, 4.69) is 49.2 Å². The van der Waals surface area contributed by atoms with Gasteiger partial charge in [-0.2, -0.15) is 0 Å². The lowest BCUT2D eigenvalue weighted by atomic mass is 9.83. The molecule has 1 aliphatic rings. The molecular formula is C21H19ClN2. The van der Waals surface area contributed by atoms with Gasteiger partial charge >= 0.3 is 0 Å². The van der Waals surface area contributed by atoms with Gasteiger partial charge in [-0.05, 0) is 43.5 Å². The number of nitrogens with zero attached hydrogens (tertiary/aromatic N) is 2. The van der Waals surface area contributed by atoms with E-state index in [1.54, 1.807) is 0 Å². The number of benzene rings is 2. The van der Waals surface area contributed by atoms with Gasteiger partial charge in [-0.15, -0.1) is 11.6 Å². The van der Waals surface area contributed by atoms with Crippen molar-refractivity contribution in [3.63, 3.8) is 0 Å². The smallest absolute Gasteiger partial charge is 0.0744 e. The van der Waals surface area contributed by atoms with Crippen LogP contribution in [0.15, 0.2) is 59.7 Å². The van der Waals surface area contributed by atoms with Crippen LogP contribution in [-0.4, -0.2) is 16.2 Å². The predicted molar refractivity (Wildman–Crippen MR) is 101 cm³/mol. The molecule has 0 saturated carbocycles. The zero-order valence-corrected chi connectivity index (χ0v) is 14.6. The molecule has 3 aromatic rings. The van der Waals surface area contributed by atoms with Crippen molar-refractivity contribution in [2.75, 3.05) is 0 Å². The molecule has 0 amide bonds. The van der Waals surface area contributed by atoms with Gasteiger partial charge in [0.05, 0.1) is 16.8 Å². The van der Waals surface area contributed by atoms with Crippen molar-refractivity contribution in [1.29, 1.82) is 0 Å². The lowest BCUT2D eigenvalue weighted by Gasteiger charge is -2.30. The van der Waals surface area contributed by atoms with Gasteiger partial charge in [0.1, 0.15) is 0 Å². The normalized spacial score (nSPS) is 15.9. The van der Waals surface area contributed by atoms with E-state index in [4.69, 9.17) is 16.6 Å². The molecule has 3 heteroatoms. The summed E-state index contributed by atoms with van der Waals surface area (Å²) in [6.45, 7) is 4.35. The summed E-state index contributed by atoms with van der Waals surface area (Å²) >= 11 is 6.18. The predicted octanol–water partition coefficient (Wildman–Crippen LogP) is 5.15. The third-order valence-electron chi connectivity index (χ3n) is 4.56. The van der Waals surface area contributed by atoms with E-state index in [9.17, 15) is 0 Å². The van der Waals surface area contributed by atoms with E-state index in [1.807, 2.05) is 24.4 Å². The number of hydrogen-bond acceptors (Lipinski definition) is 2. The van der Waals surface area contributed by atoms with Gasteiger partial charge in [-0.3, -0.25) is 9.98 Å². The second-order valence-corrected chi connectivity index (χ2v) is 7.21. The third-order valence-corrected chi connectivity index (χ3v) is 4.85. The van der Waals surface area contributed by atoms with Crippen molar-refractivity contribution in [2.45, 2.75) is 31.7 Å². The van der Waals surface area contributed by atoms with Gasteiger partial charge in [-0.1, -0.05) is 36.4 Å². The highest BCUT2D eigenvalue weighted by atomic mass is 35.5. The van der Waals surface area contributed by atoms with Crippen LogP contribution in [0.2, 0.25) is 0 Å². The van der Waals surface area contributed by atoms with Crippen LogP contribution in [0.25, 0.3) is 10.9 Å². The average Bonchev–Trinajstić information content (AvgIpc) is 2.59. The SMILES string of the molecule is CC1(C)Cc2c(CCl)cccc2C(c2cnc3ccccc3c2)=N1. The van der Waals surface area contributed by atoms with Crippen LogP contribution in [0.1, 0.15) is 36.1 Å². The molecule has 2 aromatic carbocycles. The van der Waals surface area contributed by atoms with Crippen LogP contribution in [0.3, 0.4) is 0 Å². The fraction of sp³-hybridized carbons (Fsp3) is 0.238. The highest BCUT2D eigenvalue weighted by molar-refractivity contribution is 6.18. The van der Waals surface area contributed by atoms with Crippen LogP contribution in [0.4, 0.5) is 0 Å². The second kappa shape index (κ2) is 5.71. The third kappa shape index (κ3) is 2.61. The Labute approximate surface area is 147 Å². The molecule has 24 heavy (non-hydrogen) atoms. The minimum absolute atomic E-state index is 0.143. The Morgan fingerprint density at radius 2 is 1.92 bits per heavy atom. The molecule has 1 aromatic heterocycles. The number of rotatable bonds is 2. The van der Waals surface area contributed by atoms with Crippen LogP contribution >= 0.6 is 11.6 Å². The molecule has 2 nitrogen and oxygen atoms in total. The molecule has 120 valence electrons. The summed E-state index contributed by atoms with van der Waals surface area (Å²) in [5, 5.41) is 1.14. The van der Waals surface area contributed by atoms with Crippen molar-refractivity contribution in [3.8, 4) is 0 Å². The van der Waals surface area contributed by atoms with Crippen molar-refractivity contribution >= 4 is 28.2 Å². The van der Waals surface area contributed by atoms with Crippen LogP contribution in [0.5, 0.6) is 0 Å². The van der Waals surface area contributed by atoms with Crippen LogP contribution in [0, 0.1) is 0 Å². The molecule has 0 saturated heterocycles. The first-order chi connectivity index (χ1) is 11.6. The first kappa shape index (κ1) is 15.3. The summed E-state index contributed by atoms with van der Waals surface area (Å²) in [4.78, 5) is 9.65. The largest absolute Gasteiger partial charge is 0.278 e. The summed E-state index contributed by atoms with van der Waals surface area (Å²) < 4.78 is 0. The molecule has 0 N–H and O–H groups in total. The summed E-state index contributed by atoms with van der Waals surface area (Å²) in [5.74, 6) is 0.530. The minimum Gasteiger partial charge on any atom is -0.278 e. The van der Waals surface area contributed by atoms with Gasteiger partial charge in [0.2, 0.25) is 0 Å². The number of alkyl halides is 1. The van der Waals surface area contributed by atoms with Gasteiger partial charge < -0.3 is 0 Å². The van der Waals surface area contributed by atoms with Gasteiger partial charge in [0, 0.05) is 28.6 Å². The number of pyridine rings is 1. The summed E-state index contributed by atoms with van der Waals surface area (Å²) in [6, 6.07) is 16.7. The van der Waals surface area contributed by atoms with E-state index in [1.165, 1.54) is 16.7 Å². The molecule has 0 unspecified atom stereocenters. The number of aromatic nitrogens is 1. The van der Waals surface area contributed by atoms with E-state index >= 15 is 0 Å². The van der Waals surface area contributed by atoms with Gasteiger partial charge in [-0.25, -0.2) is 0 Å². The van der Waals surface area contributed by atoms with Crippen molar-refractivity contribution in [1.82, 2.24) is 4.98 Å².